The van der Waals surface area contributed by atoms with Crippen LogP contribution < -0.4 is 5.32 Å². The highest BCUT2D eigenvalue weighted by Crippen LogP contribution is 2.20. The zero-order chi connectivity index (χ0) is 8.39. The molecule has 1 saturated heterocycles. The maximum Gasteiger partial charge on any atom is 0.180 e. The molecule has 0 bridgehead atoms. The van der Waals surface area contributed by atoms with Gasteiger partial charge in [-0.1, -0.05) is 0 Å². The van der Waals surface area contributed by atoms with E-state index in [0.29, 0.717) is 5.69 Å². The highest BCUT2D eigenvalue weighted by molar-refractivity contribution is 5.01. The van der Waals surface area contributed by atoms with Crippen LogP contribution in [0.3, 0.4) is 0 Å². The molecule has 1 unspecified atom stereocenters. The number of rotatable bonds is 2. The second kappa shape index (κ2) is 3.25. The Kier molecular flexibility index (Phi) is 2.10. The molecular weight excluding hydrogens is 156 g/mol. The van der Waals surface area contributed by atoms with Gasteiger partial charge in [0.1, 0.15) is 18.1 Å². The lowest BCUT2D eigenvalue weighted by Gasteiger charge is -2.14. The van der Waals surface area contributed by atoms with Crippen molar-refractivity contribution in [1.82, 2.24) is 10.3 Å². The van der Waals surface area contributed by atoms with E-state index in [1.807, 2.05) is 0 Å². The van der Waals surface area contributed by atoms with Gasteiger partial charge < -0.3 is 14.8 Å². The summed E-state index contributed by atoms with van der Waals surface area (Å²) in [7, 11) is 0. The van der Waals surface area contributed by atoms with Gasteiger partial charge in [0.2, 0.25) is 0 Å². The Morgan fingerprint density at radius 1 is 1.75 bits per heavy atom. The number of aromatic nitrogens is 1. The number of hydrogen-bond donors (Lipinski definition) is 2. The van der Waals surface area contributed by atoms with Crippen LogP contribution in [0.2, 0.25) is 0 Å². The summed E-state index contributed by atoms with van der Waals surface area (Å²) in [6.45, 7) is 0.986. The number of nitrogens with one attached hydrogen (secondary N) is 1. The normalized spacial score (nSPS) is 25.9. The van der Waals surface area contributed by atoms with Crippen LogP contribution >= 0.6 is 0 Å². The quantitative estimate of drug-likeness (QED) is 0.673. The van der Waals surface area contributed by atoms with Gasteiger partial charge in [0.15, 0.2) is 6.39 Å². The molecule has 2 atom stereocenters. The summed E-state index contributed by atoms with van der Waals surface area (Å²) in [6, 6.07) is 0.148. The Balaban J connectivity index is 2.04. The van der Waals surface area contributed by atoms with E-state index < -0.39 is 6.10 Å². The highest BCUT2D eigenvalue weighted by atomic mass is 16.3. The lowest BCUT2D eigenvalue weighted by atomic mass is 10.1. The number of aliphatic hydroxyl groups excluding tert-OH is 1. The largest absolute Gasteiger partial charge is 0.451 e. The molecule has 4 nitrogen and oxygen atoms in total. The van der Waals surface area contributed by atoms with Gasteiger partial charge in [-0.3, -0.25) is 0 Å². The fourth-order valence-corrected chi connectivity index (χ4v) is 1.56. The summed E-state index contributed by atoms with van der Waals surface area (Å²) in [6.07, 6.45) is 4.44. The molecule has 2 N–H and O–H groups in total. The Hall–Kier alpha value is -0.870. The topological polar surface area (TPSA) is 58.3 Å². The molecule has 0 saturated carbocycles. The standard InChI is InChI=1S/C8H12N2O2/c11-8(6-2-1-3-9-6)7-4-12-5-10-7/h4-6,8-9,11H,1-3H2/t6-,8?/m0/s1. The lowest BCUT2D eigenvalue weighted by Crippen LogP contribution is -2.28. The Labute approximate surface area is 70.6 Å². The van der Waals surface area contributed by atoms with Gasteiger partial charge in [-0.15, -0.1) is 0 Å². The Morgan fingerprint density at radius 3 is 3.25 bits per heavy atom. The molecule has 1 aliphatic heterocycles. The summed E-state index contributed by atoms with van der Waals surface area (Å²) in [5.74, 6) is 0. The second-order valence-electron chi connectivity index (χ2n) is 3.06. The van der Waals surface area contributed by atoms with Crippen LogP contribution in [-0.2, 0) is 0 Å². The van der Waals surface area contributed by atoms with E-state index in [2.05, 4.69) is 10.3 Å². The van der Waals surface area contributed by atoms with Gasteiger partial charge >= 0.3 is 0 Å². The summed E-state index contributed by atoms with van der Waals surface area (Å²) in [5.41, 5.74) is 0.620. The highest BCUT2D eigenvalue weighted by Gasteiger charge is 2.25. The van der Waals surface area contributed by atoms with Crippen LogP contribution in [-0.4, -0.2) is 22.7 Å². The van der Waals surface area contributed by atoms with E-state index in [0.717, 1.165) is 19.4 Å². The van der Waals surface area contributed by atoms with Crippen molar-refractivity contribution in [3.63, 3.8) is 0 Å². The first-order valence-electron chi connectivity index (χ1n) is 4.17. The number of oxazole rings is 1. The van der Waals surface area contributed by atoms with Gasteiger partial charge in [0.25, 0.3) is 0 Å². The molecule has 12 heavy (non-hydrogen) atoms. The minimum atomic E-state index is -0.522. The van der Waals surface area contributed by atoms with E-state index in [1.54, 1.807) is 0 Å². The van der Waals surface area contributed by atoms with Crippen molar-refractivity contribution in [2.75, 3.05) is 6.54 Å². The van der Waals surface area contributed by atoms with Gasteiger partial charge in [-0.25, -0.2) is 4.98 Å². The minimum Gasteiger partial charge on any atom is -0.451 e. The van der Waals surface area contributed by atoms with Gasteiger partial charge in [0.05, 0.1) is 0 Å². The van der Waals surface area contributed by atoms with Crippen molar-refractivity contribution in [1.29, 1.82) is 0 Å². The molecule has 1 aromatic heterocycles. The molecule has 0 radical (unpaired) electrons. The predicted molar refractivity (Wildman–Crippen MR) is 42.5 cm³/mol. The van der Waals surface area contributed by atoms with Crippen LogP contribution in [0.4, 0.5) is 0 Å². The lowest BCUT2D eigenvalue weighted by molar-refractivity contribution is 0.133. The Bertz CT molecular complexity index is 229. The fourth-order valence-electron chi connectivity index (χ4n) is 1.56. The second-order valence-corrected chi connectivity index (χ2v) is 3.06. The molecule has 2 heterocycles. The van der Waals surface area contributed by atoms with Crippen molar-refractivity contribution in [3.8, 4) is 0 Å². The first kappa shape index (κ1) is 7.76. The van der Waals surface area contributed by atoms with E-state index in [-0.39, 0.29) is 6.04 Å². The minimum absolute atomic E-state index is 0.148. The van der Waals surface area contributed by atoms with Crippen LogP contribution in [0.5, 0.6) is 0 Å². The van der Waals surface area contributed by atoms with Crippen molar-refractivity contribution >= 4 is 0 Å². The zero-order valence-electron chi connectivity index (χ0n) is 6.73. The van der Waals surface area contributed by atoms with Gasteiger partial charge in [-0.2, -0.15) is 0 Å². The fraction of sp³-hybridized carbons (Fsp3) is 0.625. The molecule has 0 spiro atoms. The average molecular weight is 168 g/mol. The number of aliphatic hydroxyl groups is 1. The molecule has 0 amide bonds. The van der Waals surface area contributed by atoms with Crippen LogP contribution in [0.15, 0.2) is 17.1 Å². The third-order valence-electron chi connectivity index (χ3n) is 2.23. The maximum absolute atomic E-state index is 9.72. The SMILES string of the molecule is OC(c1cocn1)[C@@H]1CCCN1. The maximum atomic E-state index is 9.72. The van der Waals surface area contributed by atoms with Gasteiger partial charge in [-0.05, 0) is 19.4 Å². The number of hydrogen-bond acceptors (Lipinski definition) is 4. The molecule has 1 aromatic rings. The Morgan fingerprint density at radius 2 is 2.67 bits per heavy atom. The number of nitrogens with zero attached hydrogens (tertiary/aromatic N) is 1. The first-order valence-corrected chi connectivity index (χ1v) is 4.17. The third kappa shape index (κ3) is 1.35. The van der Waals surface area contributed by atoms with Crippen molar-refractivity contribution in [2.45, 2.75) is 25.0 Å². The molecule has 1 fully saturated rings. The molecule has 1 aliphatic rings. The van der Waals surface area contributed by atoms with Crippen molar-refractivity contribution < 1.29 is 9.52 Å². The van der Waals surface area contributed by atoms with Crippen molar-refractivity contribution in [3.05, 3.63) is 18.4 Å². The predicted octanol–water partition coefficient (Wildman–Crippen LogP) is 0.460. The third-order valence-corrected chi connectivity index (χ3v) is 2.23. The van der Waals surface area contributed by atoms with Gasteiger partial charge in [0, 0.05) is 6.04 Å². The summed E-state index contributed by atoms with van der Waals surface area (Å²) in [5, 5.41) is 12.9. The molecule has 2 rings (SSSR count). The average Bonchev–Trinajstić information content (AvgIpc) is 2.77. The van der Waals surface area contributed by atoms with Crippen molar-refractivity contribution in [2.24, 2.45) is 0 Å². The summed E-state index contributed by atoms with van der Waals surface area (Å²) < 4.78 is 4.80. The summed E-state index contributed by atoms with van der Waals surface area (Å²) >= 11 is 0. The van der Waals surface area contributed by atoms with E-state index in [1.165, 1.54) is 12.7 Å². The smallest absolute Gasteiger partial charge is 0.180 e. The molecule has 0 aromatic carbocycles. The van der Waals surface area contributed by atoms with Crippen LogP contribution in [0.1, 0.15) is 24.6 Å². The monoisotopic (exact) mass is 168 g/mol. The molecule has 4 heteroatoms. The molecular formula is C8H12N2O2. The first-order chi connectivity index (χ1) is 5.88. The van der Waals surface area contributed by atoms with E-state index >= 15 is 0 Å². The van der Waals surface area contributed by atoms with E-state index in [4.69, 9.17) is 4.42 Å². The summed E-state index contributed by atoms with van der Waals surface area (Å²) in [4.78, 5) is 3.90. The zero-order valence-corrected chi connectivity index (χ0v) is 6.73. The van der Waals surface area contributed by atoms with E-state index in [9.17, 15) is 5.11 Å². The molecule has 0 aliphatic carbocycles. The molecule has 66 valence electrons. The van der Waals surface area contributed by atoms with Crippen LogP contribution in [0, 0.1) is 0 Å². The van der Waals surface area contributed by atoms with Crippen LogP contribution in [0.25, 0.3) is 0 Å².